The van der Waals surface area contributed by atoms with Gasteiger partial charge in [-0.05, 0) is 24.1 Å². The van der Waals surface area contributed by atoms with E-state index < -0.39 is 0 Å². The predicted molar refractivity (Wildman–Crippen MR) is 54.5 cm³/mol. The van der Waals surface area contributed by atoms with E-state index in [-0.39, 0.29) is 18.5 Å². The molecule has 3 heteroatoms. The molecule has 1 atom stereocenters. The Balaban J connectivity index is 2.68. The summed E-state index contributed by atoms with van der Waals surface area (Å²) in [5.41, 5.74) is 0.931. The van der Waals surface area contributed by atoms with Crippen LogP contribution in [0.3, 0.4) is 0 Å². The largest absolute Gasteiger partial charge is 0.395 e. The molecule has 0 aliphatic rings. The summed E-state index contributed by atoms with van der Waals surface area (Å²) >= 11 is 0. The van der Waals surface area contributed by atoms with Crippen LogP contribution >= 0.6 is 0 Å². The fourth-order valence-corrected chi connectivity index (χ4v) is 1.46. The predicted octanol–water partition coefficient (Wildman–Crippen LogP) is 1.86. The molecule has 0 saturated carbocycles. The molecule has 0 aliphatic heterocycles. The maximum absolute atomic E-state index is 12.9. The quantitative estimate of drug-likeness (QED) is 0.755. The number of halogens is 1. The van der Waals surface area contributed by atoms with Gasteiger partial charge in [-0.2, -0.15) is 0 Å². The molecule has 78 valence electrons. The monoisotopic (exact) mass is 197 g/mol. The zero-order valence-corrected chi connectivity index (χ0v) is 8.33. The van der Waals surface area contributed by atoms with Crippen LogP contribution in [0.4, 0.5) is 4.39 Å². The number of hydrogen-bond donors (Lipinski definition) is 2. The Kier molecular flexibility index (Phi) is 4.56. The van der Waals surface area contributed by atoms with E-state index in [2.05, 4.69) is 5.32 Å². The van der Waals surface area contributed by atoms with Gasteiger partial charge in [0.2, 0.25) is 0 Å². The van der Waals surface area contributed by atoms with Crippen molar-refractivity contribution in [1.82, 2.24) is 5.32 Å². The van der Waals surface area contributed by atoms with Crippen molar-refractivity contribution >= 4 is 0 Å². The lowest BCUT2D eigenvalue weighted by Crippen LogP contribution is -2.23. The smallest absolute Gasteiger partial charge is 0.123 e. The highest BCUT2D eigenvalue weighted by molar-refractivity contribution is 5.19. The molecule has 1 rings (SSSR count). The molecule has 0 fully saturated rings. The van der Waals surface area contributed by atoms with Gasteiger partial charge >= 0.3 is 0 Å². The van der Waals surface area contributed by atoms with Crippen LogP contribution in [0.2, 0.25) is 0 Å². The van der Waals surface area contributed by atoms with Gasteiger partial charge < -0.3 is 10.4 Å². The van der Waals surface area contributed by atoms with E-state index in [9.17, 15) is 4.39 Å². The standard InChI is InChI=1S/C11H16FNO/c1-2-11(13-6-7-14)9-4-3-5-10(12)8-9/h3-5,8,11,13-14H,2,6-7H2,1H3. The van der Waals surface area contributed by atoms with Gasteiger partial charge in [0.15, 0.2) is 0 Å². The molecule has 14 heavy (non-hydrogen) atoms. The maximum Gasteiger partial charge on any atom is 0.123 e. The van der Waals surface area contributed by atoms with E-state index in [0.29, 0.717) is 6.54 Å². The first-order chi connectivity index (χ1) is 6.77. The summed E-state index contributed by atoms with van der Waals surface area (Å²) in [5.74, 6) is -0.216. The van der Waals surface area contributed by atoms with Crippen molar-refractivity contribution in [1.29, 1.82) is 0 Å². The fourth-order valence-electron chi connectivity index (χ4n) is 1.46. The highest BCUT2D eigenvalue weighted by Crippen LogP contribution is 2.16. The second-order valence-corrected chi connectivity index (χ2v) is 3.19. The molecule has 0 radical (unpaired) electrons. The molecule has 2 nitrogen and oxygen atoms in total. The van der Waals surface area contributed by atoms with Crippen molar-refractivity contribution in [2.75, 3.05) is 13.2 Å². The van der Waals surface area contributed by atoms with Crippen LogP contribution in [0, 0.1) is 5.82 Å². The van der Waals surface area contributed by atoms with E-state index >= 15 is 0 Å². The third kappa shape index (κ3) is 3.09. The Morgan fingerprint density at radius 1 is 1.50 bits per heavy atom. The Labute approximate surface area is 83.8 Å². The summed E-state index contributed by atoms with van der Waals surface area (Å²) in [6, 6.07) is 6.67. The summed E-state index contributed by atoms with van der Waals surface area (Å²) in [6.07, 6.45) is 0.878. The molecule has 0 aromatic heterocycles. The van der Waals surface area contributed by atoms with Crippen LogP contribution in [-0.2, 0) is 0 Å². The second-order valence-electron chi connectivity index (χ2n) is 3.19. The Morgan fingerprint density at radius 3 is 2.86 bits per heavy atom. The highest BCUT2D eigenvalue weighted by atomic mass is 19.1. The van der Waals surface area contributed by atoms with E-state index in [4.69, 9.17) is 5.11 Å². The van der Waals surface area contributed by atoms with E-state index in [1.54, 1.807) is 6.07 Å². The minimum absolute atomic E-state index is 0.103. The van der Waals surface area contributed by atoms with Gasteiger partial charge in [0.05, 0.1) is 6.61 Å². The molecule has 1 unspecified atom stereocenters. The summed E-state index contributed by atoms with van der Waals surface area (Å²) in [6.45, 7) is 2.67. The molecule has 0 heterocycles. The SMILES string of the molecule is CCC(NCCO)c1cccc(F)c1. The van der Waals surface area contributed by atoms with Crippen LogP contribution in [0.25, 0.3) is 0 Å². The van der Waals surface area contributed by atoms with Gasteiger partial charge in [0.1, 0.15) is 5.82 Å². The zero-order valence-electron chi connectivity index (χ0n) is 8.33. The zero-order chi connectivity index (χ0) is 10.4. The van der Waals surface area contributed by atoms with Crippen LogP contribution in [0.5, 0.6) is 0 Å². The fraction of sp³-hybridized carbons (Fsp3) is 0.455. The first kappa shape index (κ1) is 11.1. The molecule has 0 amide bonds. The van der Waals surface area contributed by atoms with Crippen molar-refractivity contribution in [3.63, 3.8) is 0 Å². The van der Waals surface area contributed by atoms with Crippen molar-refractivity contribution in [2.24, 2.45) is 0 Å². The third-order valence-electron chi connectivity index (χ3n) is 2.16. The summed E-state index contributed by atoms with van der Waals surface area (Å²) in [5, 5.41) is 11.8. The molecular formula is C11H16FNO. The molecule has 0 aliphatic carbocycles. The lowest BCUT2D eigenvalue weighted by Gasteiger charge is -2.16. The molecule has 0 spiro atoms. The molecule has 0 bridgehead atoms. The van der Waals surface area contributed by atoms with Gasteiger partial charge in [-0.25, -0.2) is 4.39 Å². The minimum Gasteiger partial charge on any atom is -0.395 e. The van der Waals surface area contributed by atoms with Crippen LogP contribution in [0.15, 0.2) is 24.3 Å². The maximum atomic E-state index is 12.9. The van der Waals surface area contributed by atoms with Gasteiger partial charge in [-0.15, -0.1) is 0 Å². The van der Waals surface area contributed by atoms with E-state index in [1.165, 1.54) is 12.1 Å². The van der Waals surface area contributed by atoms with Crippen molar-refractivity contribution < 1.29 is 9.50 Å². The minimum atomic E-state index is -0.216. The van der Waals surface area contributed by atoms with Crippen molar-refractivity contribution in [3.05, 3.63) is 35.6 Å². The second kappa shape index (κ2) is 5.73. The number of benzene rings is 1. The molecule has 1 aromatic rings. The molecule has 0 saturated heterocycles. The first-order valence-electron chi connectivity index (χ1n) is 4.87. The molecule has 1 aromatic carbocycles. The van der Waals surface area contributed by atoms with Crippen LogP contribution < -0.4 is 5.32 Å². The summed E-state index contributed by atoms with van der Waals surface area (Å²) in [4.78, 5) is 0. The third-order valence-corrected chi connectivity index (χ3v) is 2.16. The van der Waals surface area contributed by atoms with E-state index in [0.717, 1.165) is 12.0 Å². The Bertz CT molecular complexity index is 278. The van der Waals surface area contributed by atoms with Crippen molar-refractivity contribution in [2.45, 2.75) is 19.4 Å². The number of aliphatic hydroxyl groups is 1. The van der Waals surface area contributed by atoms with Gasteiger partial charge in [-0.1, -0.05) is 19.1 Å². The summed E-state index contributed by atoms with van der Waals surface area (Å²) in [7, 11) is 0. The average Bonchev–Trinajstić information content (AvgIpc) is 2.19. The van der Waals surface area contributed by atoms with Crippen LogP contribution in [0.1, 0.15) is 24.9 Å². The number of nitrogens with one attached hydrogen (secondary N) is 1. The number of hydrogen-bond acceptors (Lipinski definition) is 2. The molecular weight excluding hydrogens is 181 g/mol. The van der Waals surface area contributed by atoms with Gasteiger partial charge in [0, 0.05) is 12.6 Å². The average molecular weight is 197 g/mol. The van der Waals surface area contributed by atoms with Crippen molar-refractivity contribution in [3.8, 4) is 0 Å². The summed E-state index contributed by atoms with van der Waals surface area (Å²) < 4.78 is 12.9. The lowest BCUT2D eigenvalue weighted by molar-refractivity contribution is 0.283. The number of aliphatic hydroxyl groups excluding tert-OH is 1. The van der Waals surface area contributed by atoms with Gasteiger partial charge in [-0.3, -0.25) is 0 Å². The first-order valence-corrected chi connectivity index (χ1v) is 4.87. The number of rotatable bonds is 5. The van der Waals surface area contributed by atoms with E-state index in [1.807, 2.05) is 13.0 Å². The Hall–Kier alpha value is -0.930. The van der Waals surface area contributed by atoms with Crippen LogP contribution in [-0.4, -0.2) is 18.3 Å². The van der Waals surface area contributed by atoms with Gasteiger partial charge in [0.25, 0.3) is 0 Å². The molecule has 2 N–H and O–H groups in total. The highest BCUT2D eigenvalue weighted by Gasteiger charge is 2.07. The normalized spacial score (nSPS) is 12.8. The Morgan fingerprint density at radius 2 is 2.29 bits per heavy atom. The lowest BCUT2D eigenvalue weighted by atomic mass is 10.0. The topological polar surface area (TPSA) is 32.3 Å².